The highest BCUT2D eigenvalue weighted by molar-refractivity contribution is 5.96. The molecule has 0 aliphatic heterocycles. The summed E-state index contributed by atoms with van der Waals surface area (Å²) in [6, 6.07) is 0. The second-order valence-electron chi connectivity index (χ2n) is 5.84. The van der Waals surface area contributed by atoms with E-state index >= 15 is 0 Å². The topological polar surface area (TPSA) is 43.4 Å². The lowest BCUT2D eigenvalue weighted by atomic mass is 9.65. The second-order valence-corrected chi connectivity index (χ2v) is 5.84. The third kappa shape index (κ3) is 0.863. The Morgan fingerprint density at radius 1 is 1.25 bits per heavy atom. The van der Waals surface area contributed by atoms with Crippen molar-refractivity contribution >= 4 is 11.6 Å². The number of carbonyl (C=O) groups excluding carboxylic acids is 2. The van der Waals surface area contributed by atoms with E-state index in [1.807, 2.05) is 0 Å². The van der Waals surface area contributed by atoms with Crippen LogP contribution in [0, 0.1) is 16.7 Å². The number of hydrogen-bond donors (Lipinski definition) is 0. The SMILES string of the molecule is CO[C@@H]1C(=O)C[C@H]2CC(=O)[C@]3(C)CCC[C@@]213. The lowest BCUT2D eigenvalue weighted by molar-refractivity contribution is -0.140. The normalized spacial score (nSPS) is 50.9. The van der Waals surface area contributed by atoms with Crippen LogP contribution in [0.25, 0.3) is 0 Å². The van der Waals surface area contributed by atoms with Crippen LogP contribution in [-0.4, -0.2) is 24.8 Å². The van der Waals surface area contributed by atoms with Gasteiger partial charge in [-0.05, 0) is 18.8 Å². The summed E-state index contributed by atoms with van der Waals surface area (Å²) in [5.41, 5.74) is -0.444. The third-order valence-electron chi connectivity index (χ3n) is 5.51. The summed E-state index contributed by atoms with van der Waals surface area (Å²) in [5.74, 6) is 0.836. The molecule has 0 saturated heterocycles. The molecule has 0 unspecified atom stereocenters. The van der Waals surface area contributed by atoms with Crippen LogP contribution in [0.1, 0.15) is 39.0 Å². The molecular formula is C13H18O3. The van der Waals surface area contributed by atoms with Gasteiger partial charge in [0.1, 0.15) is 11.9 Å². The van der Waals surface area contributed by atoms with Gasteiger partial charge in [0.15, 0.2) is 5.78 Å². The largest absolute Gasteiger partial charge is 0.373 e. The standard InChI is InChI=1S/C13H18O3/c1-12-4-3-5-13(12)8(7-10(12)15)6-9(14)11(13)16-2/h8,11H,3-7H2,1-2H3/t8-,11+,12-,13+/m0/s1. The first kappa shape index (κ1) is 10.5. The van der Waals surface area contributed by atoms with Gasteiger partial charge in [0.05, 0.1) is 0 Å². The van der Waals surface area contributed by atoms with Gasteiger partial charge >= 0.3 is 0 Å². The summed E-state index contributed by atoms with van der Waals surface area (Å²) in [7, 11) is 1.61. The molecule has 16 heavy (non-hydrogen) atoms. The number of carbonyl (C=O) groups is 2. The summed E-state index contributed by atoms with van der Waals surface area (Å²) in [5, 5.41) is 0. The number of rotatable bonds is 1. The average Bonchev–Trinajstić information content (AvgIpc) is 2.75. The molecule has 0 radical (unpaired) electrons. The molecule has 0 aromatic heterocycles. The van der Waals surface area contributed by atoms with E-state index in [4.69, 9.17) is 4.74 Å². The summed E-state index contributed by atoms with van der Waals surface area (Å²) in [4.78, 5) is 24.2. The Bertz CT molecular complexity index is 375. The Labute approximate surface area is 95.5 Å². The molecule has 0 amide bonds. The van der Waals surface area contributed by atoms with Gasteiger partial charge < -0.3 is 4.74 Å². The van der Waals surface area contributed by atoms with Crippen LogP contribution in [-0.2, 0) is 14.3 Å². The molecular weight excluding hydrogens is 204 g/mol. The van der Waals surface area contributed by atoms with Crippen molar-refractivity contribution in [3.63, 3.8) is 0 Å². The molecule has 0 aromatic carbocycles. The van der Waals surface area contributed by atoms with Crippen molar-refractivity contribution < 1.29 is 14.3 Å². The molecule has 3 fully saturated rings. The molecule has 3 heteroatoms. The van der Waals surface area contributed by atoms with E-state index in [0.29, 0.717) is 18.6 Å². The van der Waals surface area contributed by atoms with Crippen molar-refractivity contribution in [2.75, 3.05) is 7.11 Å². The van der Waals surface area contributed by atoms with Gasteiger partial charge in [-0.15, -0.1) is 0 Å². The van der Waals surface area contributed by atoms with Crippen molar-refractivity contribution in [3.05, 3.63) is 0 Å². The highest BCUT2D eigenvalue weighted by atomic mass is 16.5. The van der Waals surface area contributed by atoms with Crippen LogP contribution >= 0.6 is 0 Å². The summed E-state index contributed by atoms with van der Waals surface area (Å²) in [6.07, 6.45) is 3.82. The maximum Gasteiger partial charge on any atom is 0.162 e. The third-order valence-corrected chi connectivity index (χ3v) is 5.51. The maximum atomic E-state index is 12.2. The Morgan fingerprint density at radius 2 is 2.00 bits per heavy atom. The minimum atomic E-state index is -0.323. The van der Waals surface area contributed by atoms with E-state index in [-0.39, 0.29) is 28.6 Å². The van der Waals surface area contributed by atoms with E-state index in [9.17, 15) is 9.59 Å². The smallest absolute Gasteiger partial charge is 0.162 e. The molecule has 3 aliphatic rings. The minimum Gasteiger partial charge on any atom is -0.373 e. The summed E-state index contributed by atoms with van der Waals surface area (Å²) < 4.78 is 5.45. The fourth-order valence-electron chi connectivity index (χ4n) is 4.80. The maximum absolute atomic E-state index is 12.2. The quantitative estimate of drug-likeness (QED) is 0.678. The first-order chi connectivity index (χ1) is 7.56. The van der Waals surface area contributed by atoms with Crippen LogP contribution in [0.2, 0.25) is 0 Å². The first-order valence-corrected chi connectivity index (χ1v) is 6.15. The van der Waals surface area contributed by atoms with Crippen LogP contribution in [0.5, 0.6) is 0 Å². The molecule has 0 N–H and O–H groups in total. The van der Waals surface area contributed by atoms with Gasteiger partial charge in [0.2, 0.25) is 0 Å². The van der Waals surface area contributed by atoms with E-state index in [1.54, 1.807) is 7.11 Å². The highest BCUT2D eigenvalue weighted by Gasteiger charge is 2.72. The molecule has 3 rings (SSSR count). The van der Waals surface area contributed by atoms with Crippen LogP contribution < -0.4 is 0 Å². The summed E-state index contributed by atoms with van der Waals surface area (Å²) >= 11 is 0. The fraction of sp³-hybridized carbons (Fsp3) is 0.846. The molecule has 0 bridgehead atoms. The molecule has 3 aliphatic carbocycles. The van der Waals surface area contributed by atoms with Crippen molar-refractivity contribution in [2.24, 2.45) is 16.7 Å². The molecule has 3 nitrogen and oxygen atoms in total. The molecule has 88 valence electrons. The van der Waals surface area contributed by atoms with Gasteiger partial charge in [-0.3, -0.25) is 9.59 Å². The molecule has 1 spiro atoms. The van der Waals surface area contributed by atoms with Crippen molar-refractivity contribution in [2.45, 2.75) is 45.1 Å². The zero-order valence-corrected chi connectivity index (χ0v) is 9.91. The molecule has 4 atom stereocenters. The lowest BCUT2D eigenvalue weighted by Crippen LogP contribution is -2.46. The van der Waals surface area contributed by atoms with Gasteiger partial charge in [-0.25, -0.2) is 0 Å². The number of hydrogen-bond acceptors (Lipinski definition) is 3. The minimum absolute atomic E-state index is 0.157. The average molecular weight is 222 g/mol. The zero-order chi connectivity index (χ0) is 11.6. The van der Waals surface area contributed by atoms with Crippen LogP contribution in [0.3, 0.4) is 0 Å². The van der Waals surface area contributed by atoms with Crippen molar-refractivity contribution in [3.8, 4) is 0 Å². The fourth-order valence-corrected chi connectivity index (χ4v) is 4.80. The van der Waals surface area contributed by atoms with Gasteiger partial charge in [-0.2, -0.15) is 0 Å². The Hall–Kier alpha value is -0.700. The monoisotopic (exact) mass is 222 g/mol. The predicted octanol–water partition coefficient (Wildman–Crippen LogP) is 1.74. The molecule has 0 aromatic rings. The van der Waals surface area contributed by atoms with Crippen LogP contribution in [0.15, 0.2) is 0 Å². The lowest BCUT2D eigenvalue weighted by Gasteiger charge is -2.40. The van der Waals surface area contributed by atoms with Gasteiger partial charge in [0.25, 0.3) is 0 Å². The molecule has 0 heterocycles. The number of Topliss-reactive ketones (excluding diaryl/α,β-unsaturated/α-hetero) is 2. The summed E-state index contributed by atoms with van der Waals surface area (Å²) in [6.45, 7) is 2.06. The van der Waals surface area contributed by atoms with Gasteiger partial charge in [0, 0.05) is 30.8 Å². The number of methoxy groups -OCH3 is 1. The number of ether oxygens (including phenoxy) is 1. The van der Waals surface area contributed by atoms with Crippen LogP contribution in [0.4, 0.5) is 0 Å². The van der Waals surface area contributed by atoms with E-state index in [0.717, 1.165) is 19.3 Å². The van der Waals surface area contributed by atoms with Crippen molar-refractivity contribution in [1.82, 2.24) is 0 Å². The van der Waals surface area contributed by atoms with E-state index in [1.165, 1.54) is 0 Å². The Kier molecular flexibility index (Phi) is 1.93. The van der Waals surface area contributed by atoms with Crippen molar-refractivity contribution in [1.29, 1.82) is 0 Å². The molecule has 3 saturated carbocycles. The number of ketones is 2. The predicted molar refractivity (Wildman–Crippen MR) is 57.9 cm³/mol. The first-order valence-electron chi connectivity index (χ1n) is 6.15. The zero-order valence-electron chi connectivity index (χ0n) is 9.91. The van der Waals surface area contributed by atoms with E-state index < -0.39 is 0 Å². The second kappa shape index (κ2) is 2.95. The highest BCUT2D eigenvalue weighted by Crippen LogP contribution is 2.69. The van der Waals surface area contributed by atoms with Gasteiger partial charge in [-0.1, -0.05) is 13.3 Å². The Balaban J connectivity index is 2.14. The van der Waals surface area contributed by atoms with E-state index in [2.05, 4.69) is 6.92 Å². The Morgan fingerprint density at radius 3 is 2.69 bits per heavy atom.